The van der Waals surface area contributed by atoms with E-state index in [1.807, 2.05) is 20.8 Å². The standard InChI is InChI=1S/C35H44N2O12S/c1-15-30-18(37-9-10-46-32(45-5)31(37)49-30)11-21(47-15)48-20-13-35(43,33(42)50-34(2,3)14-36)12-17-23(20)29(41)25-24(27(17)39)26(38)16-7-6-8-19(44-4)22(16)28(25)40/h6-8,15,18,20-21,30-32,39,41-43,50H,9-14,36H2,1-5H3/t15-,18-,20-,21-,30+,31+,32-,35-/m0/s1. The molecular weight excluding hydrogens is 672 g/mol. The summed E-state index contributed by atoms with van der Waals surface area (Å²) in [6, 6.07) is 4.39. The molecule has 3 aliphatic heterocycles. The van der Waals surface area contributed by atoms with Gasteiger partial charge in [0.25, 0.3) is 0 Å². The van der Waals surface area contributed by atoms with Crippen LogP contribution in [0, 0.1) is 0 Å². The minimum absolute atomic E-state index is 0.00283. The third kappa shape index (κ3) is 5.59. The molecule has 7 rings (SSSR count). The van der Waals surface area contributed by atoms with Gasteiger partial charge in [-0.15, -0.1) is 0 Å². The number of ketones is 2. The summed E-state index contributed by atoms with van der Waals surface area (Å²) in [5.74, 6) is -2.41. The molecule has 2 aliphatic carbocycles. The zero-order valence-corrected chi connectivity index (χ0v) is 29.4. The van der Waals surface area contributed by atoms with Gasteiger partial charge in [0, 0.05) is 66.9 Å². The fourth-order valence-electron chi connectivity index (χ4n) is 7.94. The number of benzene rings is 2. The highest BCUT2D eigenvalue weighted by Gasteiger charge is 2.55. The lowest BCUT2D eigenvalue weighted by Gasteiger charge is -2.44. The molecule has 5 aliphatic rings. The molecule has 0 bridgehead atoms. The summed E-state index contributed by atoms with van der Waals surface area (Å²) in [4.78, 5) is 30.1. The molecule has 0 amide bonds. The lowest BCUT2D eigenvalue weighted by Crippen LogP contribution is -2.55. The Hall–Kier alpha value is -2.96. The summed E-state index contributed by atoms with van der Waals surface area (Å²) < 4.78 is 35.3. The molecule has 0 unspecified atom stereocenters. The maximum atomic E-state index is 14.1. The van der Waals surface area contributed by atoms with Crippen LogP contribution in [0.3, 0.4) is 0 Å². The Balaban J connectivity index is 1.32. The first-order valence-electron chi connectivity index (χ1n) is 16.7. The molecule has 3 heterocycles. The van der Waals surface area contributed by atoms with Crippen LogP contribution in [0.2, 0.25) is 0 Å². The number of ether oxygens (including phenoxy) is 6. The molecule has 2 aromatic rings. The minimum atomic E-state index is -1.98. The number of nitrogens with two attached hydrogens (primary N) is 1. The Morgan fingerprint density at radius 3 is 2.56 bits per heavy atom. The van der Waals surface area contributed by atoms with E-state index in [1.54, 1.807) is 13.2 Å². The minimum Gasteiger partial charge on any atom is -0.507 e. The van der Waals surface area contributed by atoms with Crippen LogP contribution in [0.5, 0.6) is 17.2 Å². The molecule has 0 aromatic heterocycles. The smallest absolute Gasteiger partial charge is 0.202 e. The van der Waals surface area contributed by atoms with E-state index in [9.17, 15) is 30.0 Å². The quantitative estimate of drug-likeness (QED) is 0.118. The number of rotatable bonds is 7. The molecule has 14 nitrogen and oxygen atoms in total. The number of thiol groups is 1. The molecule has 0 spiro atoms. The van der Waals surface area contributed by atoms with Gasteiger partial charge in [0.05, 0.1) is 42.6 Å². The summed E-state index contributed by atoms with van der Waals surface area (Å²) in [5.41, 5.74) is 3.15. The normalized spacial score (nSPS) is 32.7. The number of fused-ring (bicyclic) bond motifs is 6. The van der Waals surface area contributed by atoms with Crippen molar-refractivity contribution in [3.8, 4) is 17.2 Å². The van der Waals surface area contributed by atoms with Gasteiger partial charge < -0.3 is 54.6 Å². The van der Waals surface area contributed by atoms with E-state index in [1.165, 1.54) is 19.2 Å². The first kappa shape index (κ1) is 35.4. The first-order chi connectivity index (χ1) is 23.7. The van der Waals surface area contributed by atoms with Crippen LogP contribution in [0.1, 0.15) is 82.7 Å². The zero-order chi connectivity index (χ0) is 35.9. The third-order valence-corrected chi connectivity index (χ3v) is 11.9. The van der Waals surface area contributed by atoms with Gasteiger partial charge in [-0.05, 0) is 13.0 Å². The fraction of sp³-hybridized carbons (Fsp3) is 0.571. The Morgan fingerprint density at radius 2 is 1.86 bits per heavy atom. The monoisotopic (exact) mass is 716 g/mol. The molecule has 272 valence electrons. The van der Waals surface area contributed by atoms with Crippen molar-refractivity contribution in [3.05, 3.63) is 51.6 Å². The summed E-state index contributed by atoms with van der Waals surface area (Å²) >= 11 is 0.345. The van der Waals surface area contributed by atoms with Crippen LogP contribution in [-0.4, -0.2) is 123 Å². The summed E-state index contributed by atoms with van der Waals surface area (Å²) in [6.45, 7) is 6.77. The summed E-state index contributed by atoms with van der Waals surface area (Å²) in [7, 11) is 2.92. The Bertz CT molecular complexity index is 1770. The van der Waals surface area contributed by atoms with Crippen LogP contribution in [-0.2, 0) is 30.1 Å². The third-order valence-electron chi connectivity index (χ3n) is 10.5. The molecule has 6 N–H and O–H groups in total. The van der Waals surface area contributed by atoms with E-state index >= 15 is 0 Å². The maximum Gasteiger partial charge on any atom is 0.202 e. The number of phenols is 2. The molecule has 3 fully saturated rings. The highest BCUT2D eigenvalue weighted by molar-refractivity contribution is 7.99. The van der Waals surface area contributed by atoms with Crippen molar-refractivity contribution in [3.63, 3.8) is 0 Å². The number of hydrogen-bond acceptors (Lipinski definition) is 13. The number of carbonyl (C=O) groups is 2. The number of phenolic OH excluding ortho intramolecular Hbond substituents is 2. The molecular formula is C35H44N2O12S. The van der Waals surface area contributed by atoms with Crippen LogP contribution in [0.25, 0.3) is 0 Å². The Labute approximate surface area is 292 Å². The Morgan fingerprint density at radius 1 is 1.12 bits per heavy atom. The largest absolute Gasteiger partial charge is 0.507 e. The second kappa shape index (κ2) is 12.9. The number of carbonyl (C=O) groups excluding carboxylic acids is 2. The van der Waals surface area contributed by atoms with E-state index in [-0.39, 0.29) is 70.1 Å². The van der Waals surface area contributed by atoms with Crippen molar-refractivity contribution in [1.29, 1.82) is 0 Å². The second-order valence-electron chi connectivity index (χ2n) is 14.1. The molecule has 2 aromatic carbocycles. The van der Waals surface area contributed by atoms with Crippen molar-refractivity contribution < 1.29 is 58.4 Å². The average molecular weight is 717 g/mol. The van der Waals surface area contributed by atoms with Crippen LogP contribution < -0.4 is 10.5 Å². The van der Waals surface area contributed by atoms with Crippen molar-refractivity contribution in [2.24, 2.45) is 5.73 Å². The maximum absolute atomic E-state index is 14.1. The van der Waals surface area contributed by atoms with Gasteiger partial charge >= 0.3 is 0 Å². The van der Waals surface area contributed by atoms with E-state index in [4.69, 9.17) is 34.2 Å². The molecule has 0 saturated carbocycles. The predicted molar refractivity (Wildman–Crippen MR) is 181 cm³/mol. The average Bonchev–Trinajstić information content (AvgIpc) is 3.47. The predicted octanol–water partition coefficient (Wildman–Crippen LogP) is 2.04. The number of aromatic hydroxyl groups is 2. The van der Waals surface area contributed by atoms with E-state index in [2.05, 4.69) is 4.90 Å². The SMILES string of the molecule is COc1cccc2c1C(=O)c1c(O)c3c(c(O)c1C2=O)C[C@@](O)(C(O)=[SH]C(C)(C)CN)C[C@@H]3O[C@H]1C[C@H]2[C@H](O[C@@H]3[C@@H](OC)OCCN32)[C@H](C)O1. The first-order valence-corrected chi connectivity index (χ1v) is 17.6. The molecule has 0 radical (unpaired) electrons. The van der Waals surface area contributed by atoms with Gasteiger partial charge in [-0.1, -0.05) is 26.0 Å². The van der Waals surface area contributed by atoms with Gasteiger partial charge in [-0.2, -0.15) is 11.4 Å². The van der Waals surface area contributed by atoms with Crippen LogP contribution in [0.4, 0.5) is 0 Å². The number of methoxy groups -OCH3 is 2. The number of hydrogen-bond donors (Lipinski definition) is 6. The van der Waals surface area contributed by atoms with Crippen LogP contribution >= 0.6 is 11.4 Å². The van der Waals surface area contributed by atoms with Crippen molar-refractivity contribution in [2.75, 3.05) is 33.9 Å². The lowest BCUT2D eigenvalue weighted by molar-refractivity contribution is -0.255. The van der Waals surface area contributed by atoms with Crippen LogP contribution in [0.15, 0.2) is 18.2 Å². The number of morpholine rings is 1. The molecule has 8 atom stereocenters. The zero-order valence-electron chi connectivity index (χ0n) is 28.5. The molecule has 3 saturated heterocycles. The summed E-state index contributed by atoms with van der Waals surface area (Å²) in [5, 5.41) is 47.1. The Kier molecular flexibility index (Phi) is 9.15. The number of aliphatic hydroxyl groups is 2. The van der Waals surface area contributed by atoms with Gasteiger partial charge in [-0.3, -0.25) is 14.5 Å². The molecule has 50 heavy (non-hydrogen) atoms. The van der Waals surface area contributed by atoms with Gasteiger partial charge in [-0.25, -0.2) is 0 Å². The fourth-order valence-corrected chi connectivity index (χ4v) is 8.98. The second-order valence-corrected chi connectivity index (χ2v) is 16.0. The summed E-state index contributed by atoms with van der Waals surface area (Å²) in [6.07, 6.45) is -4.19. The van der Waals surface area contributed by atoms with E-state index in [0.29, 0.717) is 30.9 Å². The van der Waals surface area contributed by atoms with E-state index in [0.717, 1.165) is 0 Å². The number of aliphatic hydroxyl groups excluding tert-OH is 1. The van der Waals surface area contributed by atoms with Crippen molar-refractivity contribution in [1.82, 2.24) is 4.90 Å². The number of nitrogens with zero attached hydrogens (tertiary/aromatic N) is 1. The van der Waals surface area contributed by atoms with Gasteiger partial charge in [0.2, 0.25) is 5.78 Å². The van der Waals surface area contributed by atoms with Gasteiger partial charge in [0.15, 0.2) is 24.6 Å². The van der Waals surface area contributed by atoms with Gasteiger partial charge in [0.1, 0.15) is 34.0 Å². The van der Waals surface area contributed by atoms with Crippen molar-refractivity contribution >= 4 is 28.0 Å². The highest BCUT2D eigenvalue weighted by Crippen LogP contribution is 2.53. The highest BCUT2D eigenvalue weighted by atomic mass is 32.1. The van der Waals surface area contributed by atoms with Crippen molar-refractivity contribution in [2.45, 2.75) is 93.5 Å². The molecule has 15 heteroatoms. The lowest BCUT2D eigenvalue weighted by atomic mass is 9.73. The topological polar surface area (TPSA) is 200 Å². The van der Waals surface area contributed by atoms with E-state index < -0.39 is 70.0 Å².